The standard InChI is InChI=1S/C19H19ClN4O/c1-19(2)11-12-6-3-4-9-15(12)16(22-19)17(18(21)25)24-23-14-8-5-7-13(20)10-14/h3-10,23H,11H2,1-2H3,(H2,21,25)/b24-17+. The maximum Gasteiger partial charge on any atom is 0.271 e. The molecule has 0 aromatic heterocycles. The third-order valence-corrected chi connectivity index (χ3v) is 4.12. The number of nitrogens with two attached hydrogens (primary N) is 1. The van der Waals surface area contributed by atoms with E-state index in [0.29, 0.717) is 16.4 Å². The highest BCUT2D eigenvalue weighted by Crippen LogP contribution is 2.27. The largest absolute Gasteiger partial charge is 0.364 e. The monoisotopic (exact) mass is 354 g/mol. The van der Waals surface area contributed by atoms with E-state index in [1.165, 1.54) is 0 Å². The summed E-state index contributed by atoms with van der Waals surface area (Å²) in [6.45, 7) is 4.04. The van der Waals surface area contributed by atoms with Crippen LogP contribution in [0.2, 0.25) is 5.02 Å². The highest BCUT2D eigenvalue weighted by atomic mass is 35.5. The van der Waals surface area contributed by atoms with Crippen molar-refractivity contribution in [3.63, 3.8) is 0 Å². The molecule has 1 heterocycles. The summed E-state index contributed by atoms with van der Waals surface area (Å²) < 4.78 is 0. The molecule has 3 N–H and O–H groups in total. The second-order valence-corrected chi connectivity index (χ2v) is 6.99. The van der Waals surface area contributed by atoms with Gasteiger partial charge in [0.1, 0.15) is 0 Å². The zero-order valence-electron chi connectivity index (χ0n) is 14.1. The number of hydrogen-bond acceptors (Lipinski definition) is 4. The van der Waals surface area contributed by atoms with Crippen molar-refractivity contribution in [3.05, 3.63) is 64.7 Å². The summed E-state index contributed by atoms with van der Waals surface area (Å²) in [5.74, 6) is -0.638. The molecule has 6 heteroatoms. The molecule has 0 spiro atoms. The Hall–Kier alpha value is -2.66. The molecule has 128 valence electrons. The van der Waals surface area contributed by atoms with E-state index < -0.39 is 5.91 Å². The minimum atomic E-state index is -0.638. The molecule has 0 saturated heterocycles. The third kappa shape index (κ3) is 3.88. The van der Waals surface area contributed by atoms with Gasteiger partial charge >= 0.3 is 0 Å². The van der Waals surface area contributed by atoms with E-state index in [2.05, 4.69) is 10.5 Å². The van der Waals surface area contributed by atoms with Gasteiger partial charge in [-0.2, -0.15) is 5.10 Å². The number of carbonyl (C=O) groups is 1. The van der Waals surface area contributed by atoms with Crippen molar-refractivity contribution in [1.82, 2.24) is 0 Å². The van der Waals surface area contributed by atoms with Gasteiger partial charge in [-0.15, -0.1) is 0 Å². The Kier molecular flexibility index (Phi) is 4.59. The molecule has 1 aliphatic heterocycles. The van der Waals surface area contributed by atoms with E-state index in [1.807, 2.05) is 38.1 Å². The SMILES string of the molecule is CC1(C)Cc2ccccc2C(/C(=N\Nc2cccc(Cl)c2)C(N)=O)=N1. The third-order valence-electron chi connectivity index (χ3n) is 3.89. The van der Waals surface area contributed by atoms with Crippen molar-refractivity contribution in [2.45, 2.75) is 25.8 Å². The number of fused-ring (bicyclic) bond motifs is 1. The summed E-state index contributed by atoms with van der Waals surface area (Å²) in [5.41, 5.74) is 11.4. The van der Waals surface area contributed by atoms with Gasteiger partial charge in [-0.05, 0) is 44.0 Å². The first-order chi connectivity index (χ1) is 11.9. The number of carbonyl (C=O) groups excluding carboxylic acids is 1. The highest BCUT2D eigenvalue weighted by molar-refractivity contribution is 6.70. The summed E-state index contributed by atoms with van der Waals surface area (Å²) in [5, 5.41) is 4.80. The molecular weight excluding hydrogens is 336 g/mol. The number of anilines is 1. The Morgan fingerprint density at radius 2 is 2.00 bits per heavy atom. The fourth-order valence-corrected chi connectivity index (χ4v) is 3.05. The molecule has 0 unspecified atom stereocenters. The Labute approximate surface area is 151 Å². The smallest absolute Gasteiger partial charge is 0.271 e. The lowest BCUT2D eigenvalue weighted by molar-refractivity contribution is -0.111. The number of amides is 1. The molecule has 1 aliphatic rings. The average molecular weight is 355 g/mol. The molecule has 0 bridgehead atoms. The lowest BCUT2D eigenvalue weighted by Crippen LogP contribution is -2.38. The van der Waals surface area contributed by atoms with Gasteiger partial charge in [0.2, 0.25) is 0 Å². The van der Waals surface area contributed by atoms with Crippen molar-refractivity contribution < 1.29 is 4.79 Å². The van der Waals surface area contributed by atoms with Crippen LogP contribution < -0.4 is 11.2 Å². The van der Waals surface area contributed by atoms with E-state index in [9.17, 15) is 4.79 Å². The quantitative estimate of drug-likeness (QED) is 0.651. The van der Waals surface area contributed by atoms with Crippen molar-refractivity contribution in [3.8, 4) is 0 Å². The Morgan fingerprint density at radius 3 is 2.72 bits per heavy atom. The average Bonchev–Trinajstić information content (AvgIpc) is 2.53. The number of nitrogens with zero attached hydrogens (tertiary/aromatic N) is 2. The van der Waals surface area contributed by atoms with Crippen LogP contribution >= 0.6 is 11.6 Å². The van der Waals surface area contributed by atoms with Crippen LogP contribution in [0.1, 0.15) is 25.0 Å². The van der Waals surface area contributed by atoms with Gasteiger partial charge in [-0.25, -0.2) is 0 Å². The molecule has 2 aromatic carbocycles. The Balaban J connectivity index is 2.03. The molecular formula is C19H19ClN4O. The van der Waals surface area contributed by atoms with E-state index in [-0.39, 0.29) is 11.3 Å². The van der Waals surface area contributed by atoms with E-state index in [1.54, 1.807) is 24.3 Å². The normalized spacial score (nSPS) is 16.0. The lowest BCUT2D eigenvalue weighted by Gasteiger charge is -2.28. The number of nitrogens with one attached hydrogen (secondary N) is 1. The number of primary amides is 1. The zero-order chi connectivity index (χ0) is 18.0. The topological polar surface area (TPSA) is 79.8 Å². The van der Waals surface area contributed by atoms with Crippen LogP contribution in [0.3, 0.4) is 0 Å². The number of benzene rings is 2. The number of aliphatic imine (C=N–C) groups is 1. The van der Waals surface area contributed by atoms with Crippen molar-refractivity contribution in [2.75, 3.05) is 5.43 Å². The molecule has 3 rings (SSSR count). The van der Waals surface area contributed by atoms with Gasteiger partial charge in [0.25, 0.3) is 5.91 Å². The number of halogens is 1. The first kappa shape index (κ1) is 17.2. The molecule has 1 amide bonds. The van der Waals surface area contributed by atoms with Gasteiger partial charge < -0.3 is 5.73 Å². The van der Waals surface area contributed by atoms with Crippen molar-refractivity contribution >= 4 is 34.6 Å². The second kappa shape index (κ2) is 6.69. The van der Waals surface area contributed by atoms with Crippen LogP contribution in [0.15, 0.2) is 58.6 Å². The molecule has 0 fully saturated rings. The molecule has 0 saturated carbocycles. The number of rotatable bonds is 4. The van der Waals surface area contributed by atoms with Crippen LogP contribution in [-0.2, 0) is 11.2 Å². The van der Waals surface area contributed by atoms with Crippen molar-refractivity contribution in [2.24, 2.45) is 15.8 Å². The molecule has 5 nitrogen and oxygen atoms in total. The predicted molar refractivity (Wildman–Crippen MR) is 102 cm³/mol. The Morgan fingerprint density at radius 1 is 1.24 bits per heavy atom. The summed E-state index contributed by atoms with van der Waals surface area (Å²) >= 11 is 5.97. The second-order valence-electron chi connectivity index (χ2n) is 6.55. The van der Waals surface area contributed by atoms with E-state index in [4.69, 9.17) is 22.3 Å². The molecule has 0 radical (unpaired) electrons. The summed E-state index contributed by atoms with van der Waals surface area (Å²) in [6, 6.07) is 14.9. The predicted octanol–water partition coefficient (Wildman–Crippen LogP) is 3.42. The first-order valence-corrected chi connectivity index (χ1v) is 8.31. The van der Waals surface area contributed by atoms with E-state index >= 15 is 0 Å². The zero-order valence-corrected chi connectivity index (χ0v) is 14.8. The van der Waals surface area contributed by atoms with E-state index in [0.717, 1.165) is 17.5 Å². The van der Waals surface area contributed by atoms with Crippen molar-refractivity contribution in [1.29, 1.82) is 0 Å². The molecule has 0 aliphatic carbocycles. The lowest BCUT2D eigenvalue weighted by atomic mass is 9.85. The summed E-state index contributed by atoms with van der Waals surface area (Å²) in [4.78, 5) is 16.8. The summed E-state index contributed by atoms with van der Waals surface area (Å²) in [6.07, 6.45) is 0.792. The summed E-state index contributed by atoms with van der Waals surface area (Å²) in [7, 11) is 0. The van der Waals surface area contributed by atoms with Gasteiger partial charge in [-0.1, -0.05) is 41.9 Å². The fraction of sp³-hybridized carbons (Fsp3) is 0.211. The van der Waals surface area contributed by atoms with Gasteiger partial charge in [-0.3, -0.25) is 15.2 Å². The minimum absolute atomic E-state index is 0.0974. The molecule has 0 atom stereocenters. The van der Waals surface area contributed by atoms with Crippen LogP contribution in [0.4, 0.5) is 5.69 Å². The fourth-order valence-electron chi connectivity index (χ4n) is 2.86. The Bertz CT molecular complexity index is 886. The van der Waals surface area contributed by atoms with Gasteiger partial charge in [0.05, 0.1) is 16.9 Å². The minimum Gasteiger partial charge on any atom is -0.364 e. The maximum atomic E-state index is 12.1. The van der Waals surface area contributed by atoms with Gasteiger partial charge in [0, 0.05) is 10.6 Å². The molecule has 2 aromatic rings. The number of hydrazone groups is 1. The highest BCUT2D eigenvalue weighted by Gasteiger charge is 2.30. The van der Waals surface area contributed by atoms with Crippen LogP contribution in [0, 0.1) is 0 Å². The maximum absolute atomic E-state index is 12.1. The van der Waals surface area contributed by atoms with Crippen LogP contribution in [-0.4, -0.2) is 22.9 Å². The van der Waals surface area contributed by atoms with Crippen LogP contribution in [0.5, 0.6) is 0 Å². The van der Waals surface area contributed by atoms with Gasteiger partial charge in [0.15, 0.2) is 5.71 Å². The first-order valence-electron chi connectivity index (χ1n) is 7.93. The number of hydrogen-bond donors (Lipinski definition) is 2. The van der Waals surface area contributed by atoms with Crippen LogP contribution in [0.25, 0.3) is 0 Å². The molecule has 25 heavy (non-hydrogen) atoms.